The second-order valence-electron chi connectivity index (χ2n) is 5.95. The summed E-state index contributed by atoms with van der Waals surface area (Å²) in [6, 6.07) is 16.3. The molecule has 0 aliphatic carbocycles. The maximum atomic E-state index is 12.1. The highest BCUT2D eigenvalue weighted by molar-refractivity contribution is 7.86. The first-order valence-corrected chi connectivity index (χ1v) is 9.35. The lowest BCUT2D eigenvalue weighted by Gasteiger charge is -2.09. The Kier molecular flexibility index (Phi) is 4.74. The number of aromatic nitrogens is 1. The predicted molar refractivity (Wildman–Crippen MR) is 95.5 cm³/mol. The third-order valence-electron chi connectivity index (χ3n) is 3.66. The summed E-state index contributed by atoms with van der Waals surface area (Å²) in [7, 11) is -3.76. The maximum Gasteiger partial charge on any atom is 0.297 e. The van der Waals surface area contributed by atoms with Crippen molar-refractivity contribution in [1.29, 1.82) is 0 Å². The normalized spacial score (nSPS) is 11.8. The maximum absolute atomic E-state index is 12.1. The Hall–Kier alpha value is -2.44. The fraction of sp³-hybridized carbons (Fsp3) is 0.211. The molecular weight excluding hydrogens is 338 g/mol. The van der Waals surface area contributed by atoms with Gasteiger partial charge in [0.05, 0.1) is 16.6 Å². The highest BCUT2D eigenvalue weighted by Gasteiger charge is 2.20. The average Bonchev–Trinajstić information content (AvgIpc) is 2.96. The molecule has 0 unspecified atom stereocenters. The largest absolute Gasteiger partial charge is 0.360 e. The van der Waals surface area contributed by atoms with E-state index >= 15 is 0 Å². The van der Waals surface area contributed by atoms with Crippen molar-refractivity contribution in [2.24, 2.45) is 0 Å². The van der Waals surface area contributed by atoms with Gasteiger partial charge in [0.25, 0.3) is 10.1 Å². The van der Waals surface area contributed by atoms with Crippen LogP contribution in [0.2, 0.25) is 0 Å². The Morgan fingerprint density at radius 3 is 2.20 bits per heavy atom. The van der Waals surface area contributed by atoms with E-state index in [0.717, 1.165) is 22.4 Å². The van der Waals surface area contributed by atoms with Gasteiger partial charge < -0.3 is 4.52 Å². The standard InChI is InChI=1S/C19H19NO4S/c1-13(2)24-25(21,22)17-11-9-15(10-12-17)18-14(3)23-20-19(18)16-7-5-4-6-8-16/h4-13H,1-3H3. The lowest BCUT2D eigenvalue weighted by molar-refractivity contribution is 0.249. The summed E-state index contributed by atoms with van der Waals surface area (Å²) in [6.45, 7) is 5.19. The molecule has 0 spiro atoms. The Morgan fingerprint density at radius 2 is 1.60 bits per heavy atom. The summed E-state index contributed by atoms with van der Waals surface area (Å²) in [5.74, 6) is 0.674. The molecule has 0 saturated carbocycles. The molecule has 3 aromatic rings. The van der Waals surface area contributed by atoms with E-state index < -0.39 is 16.2 Å². The quantitative estimate of drug-likeness (QED) is 0.632. The summed E-state index contributed by atoms with van der Waals surface area (Å²) >= 11 is 0. The monoisotopic (exact) mass is 357 g/mol. The molecule has 25 heavy (non-hydrogen) atoms. The van der Waals surface area contributed by atoms with Crippen LogP contribution in [0.25, 0.3) is 22.4 Å². The molecule has 1 aromatic heterocycles. The molecule has 130 valence electrons. The van der Waals surface area contributed by atoms with Crippen molar-refractivity contribution in [2.45, 2.75) is 31.8 Å². The molecule has 2 aromatic carbocycles. The highest BCUT2D eigenvalue weighted by atomic mass is 32.2. The van der Waals surface area contributed by atoms with E-state index in [2.05, 4.69) is 5.16 Å². The van der Waals surface area contributed by atoms with Gasteiger partial charge in [0.2, 0.25) is 0 Å². The van der Waals surface area contributed by atoms with Crippen molar-refractivity contribution in [2.75, 3.05) is 0 Å². The van der Waals surface area contributed by atoms with Gasteiger partial charge in [-0.1, -0.05) is 47.6 Å². The number of aryl methyl sites for hydroxylation is 1. The highest BCUT2D eigenvalue weighted by Crippen LogP contribution is 2.34. The second-order valence-corrected chi connectivity index (χ2v) is 7.52. The summed E-state index contributed by atoms with van der Waals surface area (Å²) in [6.07, 6.45) is -0.408. The second kappa shape index (κ2) is 6.82. The van der Waals surface area contributed by atoms with Crippen LogP contribution in [0.1, 0.15) is 19.6 Å². The third-order valence-corrected chi connectivity index (χ3v) is 5.15. The Morgan fingerprint density at radius 1 is 0.960 bits per heavy atom. The van der Waals surface area contributed by atoms with Crippen LogP contribution in [0.15, 0.2) is 64.0 Å². The number of nitrogens with zero attached hydrogens (tertiary/aromatic N) is 1. The van der Waals surface area contributed by atoms with Crippen LogP contribution >= 0.6 is 0 Å². The van der Waals surface area contributed by atoms with E-state index in [1.54, 1.807) is 26.0 Å². The molecule has 6 heteroatoms. The molecule has 0 radical (unpaired) electrons. The molecular formula is C19H19NO4S. The summed E-state index contributed by atoms with van der Waals surface area (Å²) in [4.78, 5) is 0.125. The summed E-state index contributed by atoms with van der Waals surface area (Å²) in [5.41, 5.74) is 3.35. The van der Waals surface area contributed by atoms with E-state index in [-0.39, 0.29) is 4.90 Å². The zero-order valence-corrected chi connectivity index (χ0v) is 15.1. The Balaban J connectivity index is 2.01. The Bertz CT molecular complexity index is 958. The van der Waals surface area contributed by atoms with Crippen LogP contribution in [0.4, 0.5) is 0 Å². The lowest BCUT2D eigenvalue weighted by Crippen LogP contribution is -2.12. The van der Waals surface area contributed by atoms with Gasteiger partial charge in [-0.25, -0.2) is 0 Å². The molecule has 0 bridgehead atoms. The average molecular weight is 357 g/mol. The number of benzene rings is 2. The van der Waals surface area contributed by atoms with Crippen molar-refractivity contribution in [3.63, 3.8) is 0 Å². The Labute approximate surface area is 147 Å². The number of hydrogen-bond donors (Lipinski definition) is 0. The van der Waals surface area contributed by atoms with Crippen molar-refractivity contribution >= 4 is 10.1 Å². The minimum Gasteiger partial charge on any atom is -0.360 e. The topological polar surface area (TPSA) is 69.4 Å². The van der Waals surface area contributed by atoms with E-state index in [0.29, 0.717) is 5.76 Å². The van der Waals surface area contributed by atoms with Gasteiger partial charge in [-0.15, -0.1) is 0 Å². The number of rotatable bonds is 5. The van der Waals surface area contributed by atoms with Gasteiger partial charge in [-0.3, -0.25) is 4.18 Å². The van der Waals surface area contributed by atoms with Crippen molar-refractivity contribution in [3.05, 3.63) is 60.4 Å². The molecule has 0 atom stereocenters. The van der Waals surface area contributed by atoms with Crippen LogP contribution < -0.4 is 0 Å². The summed E-state index contributed by atoms with van der Waals surface area (Å²) < 4.78 is 34.7. The van der Waals surface area contributed by atoms with Gasteiger partial charge in [-0.05, 0) is 38.5 Å². The smallest absolute Gasteiger partial charge is 0.297 e. The van der Waals surface area contributed by atoms with Gasteiger partial charge in [0, 0.05) is 5.56 Å². The molecule has 0 fully saturated rings. The SMILES string of the molecule is Cc1onc(-c2ccccc2)c1-c1ccc(S(=O)(=O)OC(C)C)cc1. The van der Waals surface area contributed by atoms with Crippen LogP contribution in [0.5, 0.6) is 0 Å². The van der Waals surface area contributed by atoms with Gasteiger partial charge in [0.15, 0.2) is 0 Å². The van der Waals surface area contributed by atoms with Gasteiger partial charge in [0.1, 0.15) is 11.5 Å². The first kappa shape index (κ1) is 17.4. The van der Waals surface area contributed by atoms with Crippen molar-refractivity contribution in [1.82, 2.24) is 5.16 Å². The molecule has 3 rings (SSSR count). The van der Waals surface area contributed by atoms with Crippen LogP contribution in [0, 0.1) is 6.92 Å². The number of hydrogen-bond acceptors (Lipinski definition) is 5. The molecule has 0 amide bonds. The first-order chi connectivity index (χ1) is 11.9. The zero-order chi connectivity index (χ0) is 18.0. The minimum absolute atomic E-state index is 0.125. The van der Waals surface area contributed by atoms with Crippen LogP contribution in [0.3, 0.4) is 0 Å². The van der Waals surface area contributed by atoms with E-state index in [1.165, 1.54) is 12.1 Å². The van der Waals surface area contributed by atoms with E-state index in [4.69, 9.17) is 8.71 Å². The van der Waals surface area contributed by atoms with E-state index in [1.807, 2.05) is 37.3 Å². The molecule has 0 N–H and O–H groups in total. The lowest BCUT2D eigenvalue weighted by atomic mass is 10.00. The zero-order valence-electron chi connectivity index (χ0n) is 14.3. The molecule has 0 saturated heterocycles. The molecule has 1 heterocycles. The van der Waals surface area contributed by atoms with Crippen molar-refractivity contribution < 1.29 is 17.1 Å². The third kappa shape index (κ3) is 3.65. The minimum atomic E-state index is -3.76. The predicted octanol–water partition coefficient (Wildman–Crippen LogP) is 4.43. The van der Waals surface area contributed by atoms with Gasteiger partial charge >= 0.3 is 0 Å². The first-order valence-electron chi connectivity index (χ1n) is 7.94. The molecule has 0 aliphatic heterocycles. The van der Waals surface area contributed by atoms with E-state index in [9.17, 15) is 8.42 Å². The fourth-order valence-electron chi connectivity index (χ4n) is 2.60. The van der Waals surface area contributed by atoms with Gasteiger partial charge in [-0.2, -0.15) is 8.42 Å². The van der Waals surface area contributed by atoms with Crippen LogP contribution in [-0.2, 0) is 14.3 Å². The summed E-state index contributed by atoms with van der Waals surface area (Å²) in [5, 5.41) is 4.15. The fourth-order valence-corrected chi connectivity index (χ4v) is 3.69. The van der Waals surface area contributed by atoms with Crippen molar-refractivity contribution in [3.8, 4) is 22.4 Å². The molecule has 5 nitrogen and oxygen atoms in total. The molecule has 0 aliphatic rings. The van der Waals surface area contributed by atoms with Crippen LogP contribution in [-0.4, -0.2) is 19.7 Å².